The van der Waals surface area contributed by atoms with E-state index in [0.717, 1.165) is 56.3 Å². The summed E-state index contributed by atoms with van der Waals surface area (Å²) in [5, 5.41) is 2.96. The quantitative estimate of drug-likeness (QED) is 0.0210. The number of hydrogen-bond donors (Lipinski definition) is 3. The largest absolute Gasteiger partial charge is 0.420 e. The van der Waals surface area contributed by atoms with Crippen LogP contribution in [0.5, 0.6) is 5.75 Å². The number of nitrogens with one attached hydrogen (secondary N) is 1. The van der Waals surface area contributed by atoms with E-state index in [1.54, 1.807) is 11.3 Å². The minimum Gasteiger partial charge on any atom is -0.420 e. The Morgan fingerprint density at radius 3 is 1.58 bits per heavy atom. The molecule has 3 aliphatic rings. The van der Waals surface area contributed by atoms with E-state index in [0.29, 0.717) is 129 Å². The van der Waals surface area contributed by atoms with E-state index < -0.39 is 56.4 Å². The molecule has 3 aliphatic heterocycles. The number of amides is 1. The van der Waals surface area contributed by atoms with Crippen LogP contribution in [0, 0.1) is 28.7 Å². The standard InChI is InChI=1S/C50H75F4N5O16S2/c1-2-7-56-49(61)37-32-40-39(57-41(55)33-37)34-38(76-40)35-58-8-4-50(5-9-58)6-10-59(36-50)11-13-66-15-17-68-19-21-70-23-25-72-27-29-74-31-30-73-28-26-71-24-22-69-20-18-67-16-14-65-12-3-42(60)75-47-43(51)45(53)48(77(62,63)64)46(54)44(47)52/h32,34H,2-31,33,35-36H2,1H3,(H2,55,57)(H,56,61)(H,62,63,64). The van der Waals surface area contributed by atoms with Crippen LogP contribution in [0.3, 0.4) is 0 Å². The molecule has 0 bridgehead atoms. The Kier molecular flexibility index (Phi) is 29.2. The Morgan fingerprint density at radius 1 is 0.688 bits per heavy atom. The summed E-state index contributed by atoms with van der Waals surface area (Å²) in [6, 6.07) is 2.13. The van der Waals surface area contributed by atoms with Gasteiger partial charge in [-0.15, -0.1) is 11.3 Å². The zero-order valence-electron chi connectivity index (χ0n) is 43.8. The van der Waals surface area contributed by atoms with Crippen LogP contribution < -0.4 is 15.8 Å². The first kappa shape index (κ1) is 64.0. The lowest BCUT2D eigenvalue weighted by atomic mass is 9.78. The van der Waals surface area contributed by atoms with E-state index in [1.807, 2.05) is 13.0 Å². The molecule has 0 aliphatic carbocycles. The average Bonchev–Trinajstić information content (AvgIpc) is 3.93. The van der Waals surface area contributed by atoms with Gasteiger partial charge < -0.3 is 68.1 Å². The topological polar surface area (TPSA) is 247 Å². The van der Waals surface area contributed by atoms with Crippen molar-refractivity contribution in [1.82, 2.24) is 15.1 Å². The Balaban J connectivity index is 0.714. The third-order valence-corrected chi connectivity index (χ3v) is 14.3. The monoisotopic (exact) mass is 1140 g/mol. The molecule has 436 valence electrons. The number of esters is 1. The van der Waals surface area contributed by atoms with Gasteiger partial charge in [0.2, 0.25) is 23.3 Å². The van der Waals surface area contributed by atoms with Gasteiger partial charge in [-0.05, 0) is 62.9 Å². The molecular weight excluding hydrogens is 1070 g/mol. The number of nitrogens with two attached hydrogens (primary N) is 1. The molecule has 4 heterocycles. The molecule has 1 aromatic heterocycles. The van der Waals surface area contributed by atoms with Gasteiger partial charge in [-0.2, -0.15) is 17.2 Å². The average molecular weight is 1140 g/mol. The van der Waals surface area contributed by atoms with E-state index in [-0.39, 0.29) is 38.9 Å². The fourth-order valence-corrected chi connectivity index (χ4v) is 10.1. The van der Waals surface area contributed by atoms with Gasteiger partial charge in [0.15, 0.2) is 16.5 Å². The number of piperidine rings is 1. The molecule has 4 N–H and O–H groups in total. The number of benzene rings is 1. The van der Waals surface area contributed by atoms with Gasteiger partial charge >= 0.3 is 16.1 Å². The number of hydrogen-bond acceptors (Lipinski definition) is 20. The predicted octanol–water partition coefficient (Wildman–Crippen LogP) is 4.30. The van der Waals surface area contributed by atoms with Gasteiger partial charge in [0, 0.05) is 43.1 Å². The normalized spacial score (nSPS) is 15.9. The summed E-state index contributed by atoms with van der Waals surface area (Å²) in [5.41, 5.74) is 8.09. The van der Waals surface area contributed by atoms with Crippen molar-refractivity contribution >= 4 is 50.9 Å². The first-order valence-corrected chi connectivity index (χ1v) is 28.2. The highest BCUT2D eigenvalue weighted by Gasteiger charge is 2.40. The fourth-order valence-electron chi connectivity index (χ4n) is 8.35. The molecule has 0 unspecified atom stereocenters. The number of halogens is 4. The van der Waals surface area contributed by atoms with E-state index >= 15 is 0 Å². The van der Waals surface area contributed by atoms with Crippen LogP contribution in [0.25, 0.3) is 6.08 Å². The fraction of sp³-hybridized carbons (Fsp3) is 0.700. The second-order valence-corrected chi connectivity index (χ2v) is 20.7. The number of amidine groups is 1. The molecule has 2 aromatic rings. The summed E-state index contributed by atoms with van der Waals surface area (Å²) in [6.07, 6.45) is 6.25. The van der Waals surface area contributed by atoms with Crippen molar-refractivity contribution in [2.24, 2.45) is 16.1 Å². The summed E-state index contributed by atoms with van der Waals surface area (Å²) in [7, 11) is -5.64. The SMILES string of the molecule is CCCNC(=O)C1=Cc2sc(CN3CCC4(CC3)CCN(CCOCCOCCOCCOCCOCCOCCOCCOCCOCCOCCC(=O)Oc3c(F)c(F)c(S(=O)(=O)O)c(F)c3F)C4)cc2N=C(N)C1. The number of fused-ring (bicyclic) bond motifs is 1. The molecule has 27 heteroatoms. The number of carbonyl (C=O) groups excluding carboxylic acids is 2. The molecule has 21 nitrogen and oxygen atoms in total. The Labute approximate surface area is 451 Å². The first-order valence-electron chi connectivity index (χ1n) is 25.9. The second kappa shape index (κ2) is 35.1. The summed E-state index contributed by atoms with van der Waals surface area (Å²) in [6.45, 7) is 16.0. The van der Waals surface area contributed by atoms with E-state index in [4.69, 9.17) is 57.7 Å². The number of rotatable bonds is 40. The van der Waals surface area contributed by atoms with Crippen LogP contribution in [0.15, 0.2) is 21.5 Å². The summed E-state index contributed by atoms with van der Waals surface area (Å²) >= 11 is 1.71. The maximum absolute atomic E-state index is 14.0. The number of carbonyl (C=O) groups is 2. The number of ether oxygens (including phenoxy) is 11. The van der Waals surface area contributed by atoms with Gasteiger partial charge in [-0.1, -0.05) is 6.92 Å². The highest BCUT2D eigenvalue weighted by Crippen LogP contribution is 2.42. The van der Waals surface area contributed by atoms with Crippen molar-refractivity contribution in [3.63, 3.8) is 0 Å². The van der Waals surface area contributed by atoms with Crippen molar-refractivity contribution in [1.29, 1.82) is 0 Å². The van der Waals surface area contributed by atoms with Gasteiger partial charge in [0.25, 0.3) is 0 Å². The van der Waals surface area contributed by atoms with Gasteiger partial charge in [0.1, 0.15) is 5.84 Å². The summed E-state index contributed by atoms with van der Waals surface area (Å²) in [4.78, 5) is 34.2. The third-order valence-electron chi connectivity index (χ3n) is 12.4. The zero-order chi connectivity index (χ0) is 55.3. The molecule has 1 spiro atoms. The van der Waals surface area contributed by atoms with Crippen molar-refractivity contribution in [3.05, 3.63) is 44.7 Å². The van der Waals surface area contributed by atoms with Gasteiger partial charge in [0.05, 0.1) is 149 Å². The smallest absolute Gasteiger partial charge is 0.313 e. The summed E-state index contributed by atoms with van der Waals surface area (Å²) in [5.74, 6) is -12.2. The molecule has 2 saturated heterocycles. The van der Waals surface area contributed by atoms with Crippen molar-refractivity contribution in [2.45, 2.75) is 56.9 Å². The minimum absolute atomic E-state index is 0.0268. The number of aliphatic imine (C=N–C) groups is 1. The third kappa shape index (κ3) is 23.1. The number of likely N-dealkylation sites (tertiary alicyclic amines) is 2. The lowest BCUT2D eigenvalue weighted by Gasteiger charge is -2.39. The lowest BCUT2D eigenvalue weighted by molar-refractivity contribution is -0.136. The van der Waals surface area contributed by atoms with Crippen molar-refractivity contribution < 1.29 is 92.2 Å². The van der Waals surface area contributed by atoms with Crippen LogP contribution in [0.4, 0.5) is 23.2 Å². The number of nitrogens with zero attached hydrogens (tertiary/aromatic N) is 3. The molecule has 2 fully saturated rings. The lowest BCUT2D eigenvalue weighted by Crippen LogP contribution is -2.41. The predicted molar refractivity (Wildman–Crippen MR) is 274 cm³/mol. The Morgan fingerprint density at radius 2 is 1.13 bits per heavy atom. The molecule has 77 heavy (non-hydrogen) atoms. The maximum atomic E-state index is 14.0. The molecular formula is C50H75F4N5O16S2. The first-order chi connectivity index (χ1) is 37.2. The molecule has 0 atom stereocenters. The van der Waals surface area contributed by atoms with Crippen molar-refractivity contribution in [3.8, 4) is 5.75 Å². The maximum Gasteiger partial charge on any atom is 0.313 e. The van der Waals surface area contributed by atoms with E-state index in [1.165, 1.54) is 24.1 Å². The van der Waals surface area contributed by atoms with Crippen LogP contribution in [0.2, 0.25) is 0 Å². The second-order valence-electron chi connectivity index (χ2n) is 18.2. The van der Waals surface area contributed by atoms with Crippen LogP contribution >= 0.6 is 11.3 Å². The molecule has 0 saturated carbocycles. The van der Waals surface area contributed by atoms with Crippen LogP contribution in [-0.4, -0.2) is 212 Å². The Bertz CT molecular complexity index is 2260. The highest BCUT2D eigenvalue weighted by atomic mass is 32.2. The Hall–Kier alpha value is -3.78. The van der Waals surface area contributed by atoms with E-state index in [9.17, 15) is 35.6 Å². The summed E-state index contributed by atoms with van der Waals surface area (Å²) < 4.78 is 146. The highest BCUT2D eigenvalue weighted by molar-refractivity contribution is 7.85. The minimum atomic E-state index is -5.64. The molecule has 1 amide bonds. The van der Waals surface area contributed by atoms with E-state index in [2.05, 4.69) is 30.9 Å². The van der Waals surface area contributed by atoms with Gasteiger partial charge in [-0.25, -0.2) is 13.8 Å². The van der Waals surface area contributed by atoms with Crippen molar-refractivity contribution in [2.75, 3.05) is 171 Å². The zero-order valence-corrected chi connectivity index (χ0v) is 45.4. The van der Waals surface area contributed by atoms with Crippen LogP contribution in [-0.2, 0) is 73.6 Å². The molecule has 0 radical (unpaired) electrons. The van der Waals surface area contributed by atoms with Crippen LogP contribution in [0.1, 0.15) is 55.2 Å². The number of thiophene rings is 1. The van der Waals surface area contributed by atoms with Gasteiger partial charge in [-0.3, -0.25) is 19.0 Å². The molecule has 1 aromatic carbocycles. The molecule has 5 rings (SSSR count).